The molecule has 0 unspecified atom stereocenters. The van der Waals surface area contributed by atoms with Crippen molar-refractivity contribution in [3.8, 4) is 5.75 Å². The van der Waals surface area contributed by atoms with Crippen molar-refractivity contribution in [1.82, 2.24) is 20.8 Å². The van der Waals surface area contributed by atoms with E-state index in [0.717, 1.165) is 11.9 Å². The van der Waals surface area contributed by atoms with E-state index in [1.165, 1.54) is 19.2 Å². The summed E-state index contributed by atoms with van der Waals surface area (Å²) in [5, 5.41) is 11.6. The molecule has 1 heterocycles. The first-order valence-corrected chi connectivity index (χ1v) is 9.22. The number of hydrazine groups is 2. The number of anilines is 2. The zero-order valence-corrected chi connectivity index (χ0v) is 17.1. The molecule has 2 amide bonds. The van der Waals surface area contributed by atoms with Crippen molar-refractivity contribution < 1.29 is 19.2 Å². The summed E-state index contributed by atoms with van der Waals surface area (Å²) in [4.78, 5) is 43.0. The fourth-order valence-corrected chi connectivity index (χ4v) is 2.56. The van der Waals surface area contributed by atoms with Gasteiger partial charge in [0.15, 0.2) is 0 Å². The molecule has 0 aliphatic carbocycles. The van der Waals surface area contributed by atoms with Gasteiger partial charge in [-0.1, -0.05) is 17.7 Å². The van der Waals surface area contributed by atoms with Crippen molar-refractivity contribution in [3.05, 3.63) is 81.7 Å². The average Bonchev–Trinajstić information content (AvgIpc) is 2.81. The maximum Gasteiger partial charge on any atom is 0.356 e. The minimum Gasteiger partial charge on any atom is -0.497 e. The van der Waals surface area contributed by atoms with Crippen LogP contribution >= 0.6 is 0 Å². The number of carbonyl (C=O) groups is 2. The second-order valence-corrected chi connectivity index (χ2v) is 6.43. The summed E-state index contributed by atoms with van der Waals surface area (Å²) in [7, 11) is 1.50. The van der Waals surface area contributed by atoms with Gasteiger partial charge >= 0.3 is 5.69 Å². The van der Waals surface area contributed by atoms with E-state index in [2.05, 4.69) is 31.7 Å². The Bertz CT molecular complexity index is 1130. The monoisotopic (exact) mass is 437 g/mol. The molecule has 0 aliphatic heterocycles. The number of nitro groups is 1. The number of aromatic nitrogens is 2. The molecule has 0 saturated heterocycles. The number of benzene rings is 2. The van der Waals surface area contributed by atoms with Gasteiger partial charge in [0.1, 0.15) is 12.1 Å². The minimum atomic E-state index is -0.748. The van der Waals surface area contributed by atoms with Gasteiger partial charge in [0.05, 0.1) is 12.0 Å². The van der Waals surface area contributed by atoms with E-state index < -0.39 is 22.4 Å². The third kappa shape index (κ3) is 5.24. The molecule has 0 saturated carbocycles. The molecule has 3 rings (SSSR count). The van der Waals surface area contributed by atoms with Crippen LogP contribution in [-0.4, -0.2) is 33.8 Å². The maximum atomic E-state index is 12.3. The zero-order valence-electron chi connectivity index (χ0n) is 17.1. The largest absolute Gasteiger partial charge is 0.497 e. The topological polar surface area (TPSA) is 160 Å². The number of aryl methyl sites for hydroxylation is 1. The van der Waals surface area contributed by atoms with Crippen LogP contribution in [0.4, 0.5) is 17.3 Å². The number of hydrogen-bond acceptors (Lipinski definition) is 9. The van der Waals surface area contributed by atoms with E-state index >= 15 is 0 Å². The molecule has 0 atom stereocenters. The van der Waals surface area contributed by atoms with Crippen molar-refractivity contribution in [2.75, 3.05) is 18.0 Å². The highest BCUT2D eigenvalue weighted by Crippen LogP contribution is 2.27. The van der Waals surface area contributed by atoms with Crippen molar-refractivity contribution in [1.29, 1.82) is 0 Å². The summed E-state index contributed by atoms with van der Waals surface area (Å²) in [6.07, 6.45) is 1.04. The van der Waals surface area contributed by atoms with Crippen molar-refractivity contribution >= 4 is 29.1 Å². The third-order valence-electron chi connectivity index (χ3n) is 4.26. The molecule has 12 nitrogen and oxygen atoms in total. The van der Waals surface area contributed by atoms with Crippen LogP contribution in [0.25, 0.3) is 0 Å². The first kappa shape index (κ1) is 22.0. The van der Waals surface area contributed by atoms with Crippen molar-refractivity contribution in [2.24, 2.45) is 0 Å². The van der Waals surface area contributed by atoms with E-state index in [4.69, 9.17) is 4.74 Å². The summed E-state index contributed by atoms with van der Waals surface area (Å²) in [6.45, 7) is 1.88. The number of hydrogen-bond donors (Lipinski definition) is 4. The lowest BCUT2D eigenvalue weighted by atomic mass is 10.1. The van der Waals surface area contributed by atoms with Gasteiger partial charge in [0, 0.05) is 11.1 Å². The Balaban J connectivity index is 1.71. The fourth-order valence-electron chi connectivity index (χ4n) is 2.56. The van der Waals surface area contributed by atoms with Gasteiger partial charge in [0.25, 0.3) is 11.8 Å². The van der Waals surface area contributed by atoms with Crippen LogP contribution in [-0.2, 0) is 0 Å². The highest BCUT2D eigenvalue weighted by atomic mass is 16.6. The molecule has 32 heavy (non-hydrogen) atoms. The van der Waals surface area contributed by atoms with Gasteiger partial charge < -0.3 is 4.74 Å². The Kier molecular flexibility index (Phi) is 6.75. The molecule has 0 fully saturated rings. The molecular formula is C20H19N7O5. The average molecular weight is 437 g/mol. The van der Waals surface area contributed by atoms with Crippen LogP contribution < -0.4 is 26.4 Å². The molecule has 3 aromatic rings. The lowest BCUT2D eigenvalue weighted by Crippen LogP contribution is -2.32. The molecule has 164 valence electrons. The number of nitrogens with zero attached hydrogens (tertiary/aromatic N) is 3. The number of ether oxygens (including phenoxy) is 1. The molecule has 2 aromatic carbocycles. The van der Waals surface area contributed by atoms with Gasteiger partial charge in [-0.05, 0) is 43.3 Å². The minimum absolute atomic E-state index is 0.272. The quantitative estimate of drug-likeness (QED) is 0.306. The lowest BCUT2D eigenvalue weighted by molar-refractivity contribution is -0.383. The van der Waals surface area contributed by atoms with Crippen LogP contribution in [0.15, 0.2) is 54.9 Å². The molecule has 0 radical (unpaired) electrons. The Morgan fingerprint density at radius 3 is 1.78 bits per heavy atom. The molecule has 1 aromatic heterocycles. The van der Waals surface area contributed by atoms with Gasteiger partial charge in [0.2, 0.25) is 11.6 Å². The Morgan fingerprint density at radius 1 is 0.875 bits per heavy atom. The Hall–Kier alpha value is -4.74. The second-order valence-electron chi connectivity index (χ2n) is 6.43. The van der Waals surface area contributed by atoms with Crippen molar-refractivity contribution in [3.63, 3.8) is 0 Å². The molecule has 4 N–H and O–H groups in total. The first-order valence-electron chi connectivity index (χ1n) is 9.22. The zero-order chi connectivity index (χ0) is 23.1. The molecule has 12 heteroatoms. The summed E-state index contributed by atoms with van der Waals surface area (Å²) in [5.74, 6) is -1.04. The van der Waals surface area contributed by atoms with Crippen LogP contribution in [0.2, 0.25) is 0 Å². The van der Waals surface area contributed by atoms with E-state index in [9.17, 15) is 19.7 Å². The SMILES string of the molecule is COc1ccc(C(=O)NNc2ncnc(NNC(=O)c3ccc(C)cc3)c2[N+](=O)[O-])cc1. The number of rotatable bonds is 8. The Morgan fingerprint density at radius 2 is 1.34 bits per heavy atom. The van der Waals surface area contributed by atoms with E-state index in [-0.39, 0.29) is 11.6 Å². The van der Waals surface area contributed by atoms with E-state index in [1.807, 2.05) is 6.92 Å². The summed E-state index contributed by atoms with van der Waals surface area (Å²) in [6, 6.07) is 13.0. The van der Waals surface area contributed by atoms with E-state index in [0.29, 0.717) is 16.9 Å². The predicted octanol–water partition coefficient (Wildman–Crippen LogP) is 2.22. The van der Waals surface area contributed by atoms with Gasteiger partial charge in [-0.3, -0.25) is 41.4 Å². The smallest absolute Gasteiger partial charge is 0.356 e. The van der Waals surface area contributed by atoms with Gasteiger partial charge in [-0.2, -0.15) is 0 Å². The number of methoxy groups -OCH3 is 1. The maximum absolute atomic E-state index is 12.3. The second kappa shape index (κ2) is 9.84. The number of carbonyl (C=O) groups excluding carboxylic acids is 2. The van der Waals surface area contributed by atoms with Crippen molar-refractivity contribution in [2.45, 2.75) is 6.92 Å². The molecule has 0 aliphatic rings. The molecule has 0 bridgehead atoms. The predicted molar refractivity (Wildman–Crippen MR) is 115 cm³/mol. The summed E-state index contributed by atoms with van der Waals surface area (Å²) in [5.41, 5.74) is 10.6. The van der Waals surface area contributed by atoms with E-state index in [1.54, 1.807) is 36.4 Å². The highest BCUT2D eigenvalue weighted by Gasteiger charge is 2.24. The van der Waals surface area contributed by atoms with Crippen LogP contribution in [0.5, 0.6) is 5.75 Å². The Labute approximate surface area is 182 Å². The number of nitrogens with one attached hydrogen (secondary N) is 4. The van der Waals surface area contributed by atoms with Gasteiger partial charge in [-0.15, -0.1) is 0 Å². The third-order valence-corrected chi connectivity index (χ3v) is 4.26. The first-order chi connectivity index (χ1) is 15.4. The standard InChI is InChI=1S/C20H19N7O5/c1-12-3-5-13(6-4-12)19(28)25-23-17-16(27(30)31)18(22-11-21-17)24-26-20(29)14-7-9-15(32-2)10-8-14/h3-11H,1-2H3,(H,25,28)(H,26,29)(H2,21,22,23,24). The fraction of sp³-hybridized carbons (Fsp3) is 0.100. The van der Waals surface area contributed by atoms with Crippen LogP contribution in [0.3, 0.4) is 0 Å². The number of amides is 2. The molecular weight excluding hydrogens is 418 g/mol. The summed E-state index contributed by atoms with van der Waals surface area (Å²) < 4.78 is 5.03. The van der Waals surface area contributed by atoms with Crippen LogP contribution in [0, 0.1) is 17.0 Å². The normalized spacial score (nSPS) is 10.1. The molecule has 0 spiro atoms. The highest BCUT2D eigenvalue weighted by molar-refractivity contribution is 5.96. The van der Waals surface area contributed by atoms with Gasteiger partial charge in [-0.25, -0.2) is 9.97 Å². The van der Waals surface area contributed by atoms with Crippen LogP contribution in [0.1, 0.15) is 26.3 Å². The lowest BCUT2D eigenvalue weighted by Gasteiger charge is -2.12. The summed E-state index contributed by atoms with van der Waals surface area (Å²) >= 11 is 0.